The lowest BCUT2D eigenvalue weighted by Gasteiger charge is -2.20. The van der Waals surface area contributed by atoms with Gasteiger partial charge in [-0.3, -0.25) is 9.59 Å². The maximum Gasteiger partial charge on any atom is 0.238 e. The average molecular weight is 261 g/mol. The molecule has 0 bridgehead atoms. The normalized spacial score (nSPS) is 14.0. The number of carbonyl (C=O) groups is 2. The number of benzene rings is 1. The first kappa shape index (κ1) is 13.5. The zero-order chi connectivity index (χ0) is 13.8. The maximum atomic E-state index is 11.5. The molecule has 0 radical (unpaired) electrons. The summed E-state index contributed by atoms with van der Waals surface area (Å²) in [6, 6.07) is 7.91. The quantitative estimate of drug-likeness (QED) is 0.833. The lowest BCUT2D eigenvalue weighted by Crippen LogP contribution is -2.30. The van der Waals surface area contributed by atoms with E-state index in [0.29, 0.717) is 12.6 Å². The van der Waals surface area contributed by atoms with E-state index in [9.17, 15) is 9.59 Å². The first-order chi connectivity index (χ1) is 9.10. The Kier molecular flexibility index (Phi) is 4.16. The Hall–Kier alpha value is -1.88. The van der Waals surface area contributed by atoms with E-state index in [1.165, 1.54) is 0 Å². The predicted octanol–water partition coefficient (Wildman–Crippen LogP) is 1.09. The molecule has 102 valence electrons. The molecule has 1 aromatic rings. The molecule has 0 spiro atoms. The van der Waals surface area contributed by atoms with Crippen LogP contribution in [0.1, 0.15) is 25.3 Å². The summed E-state index contributed by atoms with van der Waals surface area (Å²) in [5.41, 5.74) is 7.02. The fraction of sp³-hybridized carbons (Fsp3) is 0.429. The van der Waals surface area contributed by atoms with E-state index in [1.807, 2.05) is 29.2 Å². The highest BCUT2D eigenvalue weighted by Gasteiger charge is 2.30. The van der Waals surface area contributed by atoms with Crippen LogP contribution < -0.4 is 11.1 Å². The third-order valence-corrected chi connectivity index (χ3v) is 3.17. The summed E-state index contributed by atoms with van der Waals surface area (Å²) >= 11 is 0. The molecule has 5 nitrogen and oxygen atoms in total. The second kappa shape index (κ2) is 5.84. The average Bonchev–Trinajstić information content (AvgIpc) is 3.21. The third-order valence-electron chi connectivity index (χ3n) is 3.17. The van der Waals surface area contributed by atoms with E-state index >= 15 is 0 Å². The number of nitrogens with two attached hydrogens (primary N) is 1. The van der Waals surface area contributed by atoms with Gasteiger partial charge in [-0.1, -0.05) is 12.1 Å². The van der Waals surface area contributed by atoms with Crippen molar-refractivity contribution in [3.63, 3.8) is 0 Å². The summed E-state index contributed by atoms with van der Waals surface area (Å²) in [6.07, 6.45) is 2.20. The SMILES string of the molecule is CC(=O)N(Cc1ccc(NC(=O)CN)cc1)C1CC1. The van der Waals surface area contributed by atoms with Crippen LogP contribution in [0.15, 0.2) is 24.3 Å². The van der Waals surface area contributed by atoms with Gasteiger partial charge in [-0.15, -0.1) is 0 Å². The number of hydrogen-bond donors (Lipinski definition) is 2. The lowest BCUT2D eigenvalue weighted by atomic mass is 10.2. The van der Waals surface area contributed by atoms with Crippen LogP contribution in [0.5, 0.6) is 0 Å². The van der Waals surface area contributed by atoms with Gasteiger partial charge in [0.15, 0.2) is 0 Å². The van der Waals surface area contributed by atoms with Crippen LogP contribution in [0.3, 0.4) is 0 Å². The van der Waals surface area contributed by atoms with E-state index in [0.717, 1.165) is 24.1 Å². The molecule has 0 aromatic heterocycles. The molecule has 2 amide bonds. The second-order valence-corrected chi connectivity index (χ2v) is 4.83. The standard InChI is InChI=1S/C14H19N3O2/c1-10(18)17(13-6-7-13)9-11-2-4-12(5-3-11)16-14(19)8-15/h2-5,13H,6-9,15H2,1H3,(H,16,19). The molecule has 0 unspecified atom stereocenters. The number of anilines is 1. The molecule has 5 heteroatoms. The summed E-state index contributed by atoms with van der Waals surface area (Å²) in [5, 5.41) is 2.69. The predicted molar refractivity (Wildman–Crippen MR) is 73.4 cm³/mol. The molecule has 0 aliphatic heterocycles. The van der Waals surface area contributed by atoms with Crippen molar-refractivity contribution in [1.82, 2.24) is 4.90 Å². The van der Waals surface area contributed by atoms with Crippen LogP contribution in [-0.2, 0) is 16.1 Å². The van der Waals surface area contributed by atoms with Gasteiger partial charge in [-0.05, 0) is 30.5 Å². The summed E-state index contributed by atoms with van der Waals surface area (Å²) in [6.45, 7) is 2.21. The van der Waals surface area contributed by atoms with Crippen molar-refractivity contribution in [3.05, 3.63) is 29.8 Å². The van der Waals surface area contributed by atoms with Crippen LogP contribution in [0, 0.1) is 0 Å². The lowest BCUT2D eigenvalue weighted by molar-refractivity contribution is -0.130. The van der Waals surface area contributed by atoms with Crippen molar-refractivity contribution in [1.29, 1.82) is 0 Å². The van der Waals surface area contributed by atoms with E-state index in [-0.39, 0.29) is 18.4 Å². The largest absolute Gasteiger partial charge is 0.336 e. The number of hydrogen-bond acceptors (Lipinski definition) is 3. The molecule has 0 saturated heterocycles. The van der Waals surface area contributed by atoms with E-state index < -0.39 is 0 Å². The number of amides is 2. The number of carbonyl (C=O) groups excluding carboxylic acids is 2. The topological polar surface area (TPSA) is 75.4 Å². The smallest absolute Gasteiger partial charge is 0.238 e. The molecular formula is C14H19N3O2. The van der Waals surface area contributed by atoms with Crippen molar-refractivity contribution in [2.75, 3.05) is 11.9 Å². The first-order valence-electron chi connectivity index (χ1n) is 6.46. The molecule has 19 heavy (non-hydrogen) atoms. The fourth-order valence-corrected chi connectivity index (χ4v) is 1.99. The number of rotatable bonds is 5. The van der Waals surface area contributed by atoms with Crippen LogP contribution in [0.4, 0.5) is 5.69 Å². The monoisotopic (exact) mass is 261 g/mol. The van der Waals surface area contributed by atoms with E-state index in [2.05, 4.69) is 5.32 Å². The Balaban J connectivity index is 1.97. The van der Waals surface area contributed by atoms with Gasteiger partial charge in [0.1, 0.15) is 0 Å². The molecule has 1 aliphatic rings. The summed E-state index contributed by atoms with van der Waals surface area (Å²) < 4.78 is 0. The second-order valence-electron chi connectivity index (χ2n) is 4.83. The Labute approximate surface area is 112 Å². The molecule has 1 saturated carbocycles. The summed E-state index contributed by atoms with van der Waals surface area (Å²) in [7, 11) is 0. The zero-order valence-electron chi connectivity index (χ0n) is 11.1. The molecule has 1 fully saturated rings. The molecule has 2 rings (SSSR count). The van der Waals surface area contributed by atoms with Gasteiger partial charge in [0, 0.05) is 25.2 Å². The van der Waals surface area contributed by atoms with Crippen LogP contribution in [0.2, 0.25) is 0 Å². The van der Waals surface area contributed by atoms with Crippen molar-refractivity contribution < 1.29 is 9.59 Å². The van der Waals surface area contributed by atoms with Gasteiger partial charge in [-0.25, -0.2) is 0 Å². The summed E-state index contributed by atoms with van der Waals surface area (Å²) in [5.74, 6) is -0.0981. The minimum Gasteiger partial charge on any atom is -0.336 e. The Bertz CT molecular complexity index is 466. The highest BCUT2D eigenvalue weighted by molar-refractivity contribution is 5.92. The third kappa shape index (κ3) is 3.79. The Morgan fingerprint density at radius 1 is 1.32 bits per heavy atom. The molecule has 0 atom stereocenters. The van der Waals surface area contributed by atoms with Crippen molar-refractivity contribution in [3.8, 4) is 0 Å². The van der Waals surface area contributed by atoms with Gasteiger partial charge in [0.05, 0.1) is 6.54 Å². The van der Waals surface area contributed by atoms with Crippen molar-refractivity contribution in [2.24, 2.45) is 5.73 Å². The molecule has 1 aliphatic carbocycles. The summed E-state index contributed by atoms with van der Waals surface area (Å²) in [4.78, 5) is 24.6. The van der Waals surface area contributed by atoms with Crippen molar-refractivity contribution >= 4 is 17.5 Å². The highest BCUT2D eigenvalue weighted by Crippen LogP contribution is 2.28. The minimum atomic E-state index is -0.212. The highest BCUT2D eigenvalue weighted by atomic mass is 16.2. The van der Waals surface area contributed by atoms with Crippen molar-refractivity contribution in [2.45, 2.75) is 32.4 Å². The number of nitrogens with one attached hydrogen (secondary N) is 1. The Morgan fingerprint density at radius 2 is 1.95 bits per heavy atom. The first-order valence-corrected chi connectivity index (χ1v) is 6.46. The number of nitrogens with zero attached hydrogens (tertiary/aromatic N) is 1. The van der Waals surface area contributed by atoms with Gasteiger partial charge < -0.3 is 16.0 Å². The Morgan fingerprint density at radius 3 is 2.42 bits per heavy atom. The zero-order valence-corrected chi connectivity index (χ0v) is 11.1. The van der Waals surface area contributed by atoms with Gasteiger partial charge in [0.25, 0.3) is 0 Å². The minimum absolute atomic E-state index is 0.0262. The molecule has 0 heterocycles. The van der Waals surface area contributed by atoms with Crippen LogP contribution in [-0.4, -0.2) is 29.3 Å². The molecular weight excluding hydrogens is 242 g/mol. The van der Waals surface area contributed by atoms with Gasteiger partial charge >= 0.3 is 0 Å². The van der Waals surface area contributed by atoms with E-state index in [1.54, 1.807) is 6.92 Å². The maximum absolute atomic E-state index is 11.5. The molecule has 3 N–H and O–H groups in total. The van der Waals surface area contributed by atoms with Crippen LogP contribution >= 0.6 is 0 Å². The van der Waals surface area contributed by atoms with Gasteiger partial charge in [-0.2, -0.15) is 0 Å². The van der Waals surface area contributed by atoms with E-state index in [4.69, 9.17) is 5.73 Å². The fourth-order valence-electron chi connectivity index (χ4n) is 1.99. The van der Waals surface area contributed by atoms with Crippen LogP contribution in [0.25, 0.3) is 0 Å². The molecule has 1 aromatic carbocycles. The van der Waals surface area contributed by atoms with Gasteiger partial charge in [0.2, 0.25) is 11.8 Å².